The molecule has 2 amide bonds. The second-order valence-corrected chi connectivity index (χ2v) is 14.7. The molecule has 0 bridgehead atoms. The zero-order chi connectivity index (χ0) is 39.7. The molecule has 56 heavy (non-hydrogen) atoms. The Balaban J connectivity index is 1.42. The first-order chi connectivity index (χ1) is 26.7. The van der Waals surface area contributed by atoms with E-state index in [0.29, 0.717) is 30.3 Å². The van der Waals surface area contributed by atoms with Crippen molar-refractivity contribution in [3.63, 3.8) is 0 Å². The summed E-state index contributed by atoms with van der Waals surface area (Å²) in [5.41, 5.74) is 1.37. The van der Waals surface area contributed by atoms with Crippen LogP contribution in [0.1, 0.15) is 50.3 Å². The standard InChI is InChI=1S/C44H40F4N4O4/c1-42(2,3)56-41(54)51-25-13-14-30(28-51)40(53)49-39-36-26-29(35-27-34(22-23-37(35)45)55-44(46,47)48)21-24-38(36)52(50-39)43(31-15-7-4-8-16-31,32-17-9-5-10-18-32)33-19-11-6-12-20-33/h4-12,15-24,26-27,30H,13-14,25,28H2,1-3H3,(H,49,50,53)/t30-/m1/s1. The smallest absolute Gasteiger partial charge is 0.444 e. The van der Waals surface area contributed by atoms with Gasteiger partial charge in [0.2, 0.25) is 5.91 Å². The van der Waals surface area contributed by atoms with Crippen LogP contribution in [0, 0.1) is 11.7 Å². The van der Waals surface area contributed by atoms with Crippen LogP contribution in [0.15, 0.2) is 127 Å². The zero-order valence-electron chi connectivity index (χ0n) is 31.0. The molecule has 0 aliphatic carbocycles. The van der Waals surface area contributed by atoms with Gasteiger partial charge in [-0.1, -0.05) is 97.1 Å². The molecular weight excluding hydrogens is 725 g/mol. The number of amides is 2. The molecule has 288 valence electrons. The molecule has 5 aromatic carbocycles. The molecule has 0 spiro atoms. The van der Waals surface area contributed by atoms with E-state index in [2.05, 4.69) is 10.1 Å². The average molecular weight is 765 g/mol. The first-order valence-corrected chi connectivity index (χ1v) is 18.3. The molecule has 2 heterocycles. The van der Waals surface area contributed by atoms with E-state index in [1.165, 1.54) is 4.90 Å². The summed E-state index contributed by atoms with van der Waals surface area (Å²) < 4.78 is 66.5. The van der Waals surface area contributed by atoms with Crippen molar-refractivity contribution in [1.29, 1.82) is 0 Å². The van der Waals surface area contributed by atoms with E-state index in [9.17, 15) is 22.8 Å². The number of rotatable bonds is 8. The summed E-state index contributed by atoms with van der Waals surface area (Å²) in [5.74, 6) is -2.19. The van der Waals surface area contributed by atoms with E-state index in [-0.39, 0.29) is 29.4 Å². The summed E-state index contributed by atoms with van der Waals surface area (Å²) in [6.45, 7) is 5.90. The molecular formula is C44H40F4N4O4. The molecule has 1 atom stereocenters. The van der Waals surface area contributed by atoms with E-state index in [0.717, 1.165) is 34.9 Å². The summed E-state index contributed by atoms with van der Waals surface area (Å²) in [5, 5.41) is 8.60. The maximum Gasteiger partial charge on any atom is 0.573 e. The minimum Gasteiger partial charge on any atom is -0.444 e. The number of halogens is 4. The molecule has 1 fully saturated rings. The predicted molar refractivity (Wildman–Crippen MR) is 206 cm³/mol. The highest BCUT2D eigenvalue weighted by Crippen LogP contribution is 2.44. The highest BCUT2D eigenvalue weighted by atomic mass is 19.4. The Hall–Kier alpha value is -6.17. The maximum atomic E-state index is 15.4. The first kappa shape index (κ1) is 38.1. The van der Waals surface area contributed by atoms with Crippen molar-refractivity contribution in [3.8, 4) is 16.9 Å². The normalized spacial score (nSPS) is 15.1. The molecule has 7 rings (SSSR count). The van der Waals surface area contributed by atoms with Crippen LogP contribution in [-0.4, -0.2) is 51.7 Å². The van der Waals surface area contributed by atoms with Gasteiger partial charge in [0, 0.05) is 24.0 Å². The van der Waals surface area contributed by atoms with Gasteiger partial charge in [-0.15, -0.1) is 13.2 Å². The Morgan fingerprint density at radius 3 is 1.93 bits per heavy atom. The number of ether oxygens (including phenoxy) is 2. The van der Waals surface area contributed by atoms with Crippen molar-refractivity contribution in [2.24, 2.45) is 5.92 Å². The molecule has 8 nitrogen and oxygen atoms in total. The number of carbonyl (C=O) groups excluding carboxylic acids is 2. The number of hydrogen-bond donors (Lipinski definition) is 1. The van der Waals surface area contributed by atoms with Gasteiger partial charge in [0.1, 0.15) is 22.7 Å². The molecule has 0 unspecified atom stereocenters. The second-order valence-electron chi connectivity index (χ2n) is 14.7. The molecule has 0 saturated carbocycles. The number of piperidine rings is 1. The van der Waals surface area contributed by atoms with Crippen LogP contribution in [0.3, 0.4) is 0 Å². The van der Waals surface area contributed by atoms with E-state index in [1.54, 1.807) is 39.0 Å². The number of likely N-dealkylation sites (tertiary alicyclic amines) is 1. The summed E-state index contributed by atoms with van der Waals surface area (Å²) in [6, 6.07) is 37.0. The fourth-order valence-corrected chi connectivity index (χ4v) is 7.36. The predicted octanol–water partition coefficient (Wildman–Crippen LogP) is 10.2. The number of hydrogen-bond acceptors (Lipinski definition) is 5. The van der Waals surface area contributed by atoms with E-state index < -0.39 is 41.1 Å². The number of nitrogens with one attached hydrogen (secondary N) is 1. The van der Waals surface area contributed by atoms with Crippen molar-refractivity contribution in [2.75, 3.05) is 18.4 Å². The van der Waals surface area contributed by atoms with E-state index >= 15 is 4.39 Å². The third-order valence-corrected chi connectivity index (χ3v) is 9.74. The number of anilines is 1. The number of carbonyl (C=O) groups is 2. The number of aromatic nitrogens is 2. The molecule has 1 aliphatic rings. The Morgan fingerprint density at radius 1 is 0.786 bits per heavy atom. The average Bonchev–Trinajstić information content (AvgIpc) is 3.53. The maximum absolute atomic E-state index is 15.4. The second kappa shape index (κ2) is 15.2. The van der Waals surface area contributed by atoms with E-state index in [4.69, 9.17) is 9.84 Å². The van der Waals surface area contributed by atoms with Gasteiger partial charge in [-0.3, -0.25) is 4.79 Å². The molecule has 1 saturated heterocycles. The monoisotopic (exact) mass is 764 g/mol. The zero-order valence-corrected chi connectivity index (χ0v) is 31.0. The summed E-state index contributed by atoms with van der Waals surface area (Å²) >= 11 is 0. The lowest BCUT2D eigenvalue weighted by atomic mass is 9.77. The van der Waals surface area contributed by atoms with Crippen molar-refractivity contribution >= 4 is 28.7 Å². The first-order valence-electron chi connectivity index (χ1n) is 18.3. The Morgan fingerprint density at radius 2 is 1.38 bits per heavy atom. The molecule has 6 aromatic rings. The van der Waals surface area contributed by atoms with Crippen LogP contribution in [0.2, 0.25) is 0 Å². The Kier molecular flexibility index (Phi) is 10.3. The Bertz CT molecular complexity index is 2250. The van der Waals surface area contributed by atoms with Gasteiger partial charge in [-0.2, -0.15) is 5.10 Å². The largest absolute Gasteiger partial charge is 0.573 e. The third-order valence-electron chi connectivity index (χ3n) is 9.74. The van der Waals surface area contributed by atoms with Crippen LogP contribution < -0.4 is 10.1 Å². The van der Waals surface area contributed by atoms with Crippen LogP contribution >= 0.6 is 0 Å². The quantitative estimate of drug-likeness (QED) is 0.123. The van der Waals surface area contributed by atoms with Gasteiger partial charge in [0.05, 0.1) is 11.4 Å². The van der Waals surface area contributed by atoms with Crippen LogP contribution in [0.4, 0.5) is 28.2 Å². The highest BCUT2D eigenvalue weighted by Gasteiger charge is 2.41. The van der Waals surface area contributed by atoms with Crippen molar-refractivity contribution in [1.82, 2.24) is 14.7 Å². The summed E-state index contributed by atoms with van der Waals surface area (Å²) in [6.07, 6.45) is -4.41. The van der Waals surface area contributed by atoms with E-state index in [1.807, 2.05) is 95.7 Å². The highest BCUT2D eigenvalue weighted by molar-refractivity contribution is 6.02. The number of benzene rings is 5. The number of fused-ring (bicyclic) bond motifs is 1. The SMILES string of the molecule is CC(C)(C)OC(=O)N1CCC[C@@H](C(=O)Nc2nn(C(c3ccccc3)(c3ccccc3)c3ccccc3)c3ccc(-c4cc(OC(F)(F)F)ccc4F)cc23)C1. The van der Waals surface area contributed by atoms with Crippen molar-refractivity contribution in [3.05, 3.63) is 150 Å². The van der Waals surface area contributed by atoms with Crippen molar-refractivity contribution < 1.29 is 36.6 Å². The minimum absolute atomic E-state index is 0.129. The lowest BCUT2D eigenvalue weighted by molar-refractivity contribution is -0.274. The summed E-state index contributed by atoms with van der Waals surface area (Å²) in [4.78, 5) is 28.7. The van der Waals surface area contributed by atoms with Crippen LogP contribution in [0.5, 0.6) is 5.75 Å². The molecule has 1 aliphatic heterocycles. The topological polar surface area (TPSA) is 85.7 Å². The van der Waals surface area contributed by atoms with Crippen molar-refractivity contribution in [2.45, 2.75) is 51.1 Å². The minimum atomic E-state index is -4.98. The lowest BCUT2D eigenvalue weighted by Gasteiger charge is -2.37. The lowest BCUT2D eigenvalue weighted by Crippen LogP contribution is -2.45. The summed E-state index contributed by atoms with van der Waals surface area (Å²) in [7, 11) is 0. The molecule has 1 aromatic heterocycles. The van der Waals surface area contributed by atoms with Gasteiger partial charge in [0.15, 0.2) is 5.82 Å². The van der Waals surface area contributed by atoms with Gasteiger partial charge >= 0.3 is 12.5 Å². The van der Waals surface area contributed by atoms with Gasteiger partial charge in [-0.25, -0.2) is 13.9 Å². The fourth-order valence-electron chi connectivity index (χ4n) is 7.36. The number of nitrogens with zero attached hydrogens (tertiary/aromatic N) is 3. The molecule has 0 radical (unpaired) electrons. The fraction of sp³-hybridized carbons (Fsp3) is 0.250. The van der Waals surface area contributed by atoms with Crippen LogP contribution in [0.25, 0.3) is 22.0 Å². The van der Waals surface area contributed by atoms with Crippen LogP contribution in [-0.2, 0) is 15.1 Å². The molecule has 1 N–H and O–H groups in total. The van der Waals surface area contributed by atoms with Gasteiger partial charge in [-0.05, 0) is 86.2 Å². The Labute approximate surface area is 321 Å². The number of alkyl halides is 3. The van der Waals surface area contributed by atoms with Gasteiger partial charge < -0.3 is 19.7 Å². The molecule has 12 heteroatoms. The van der Waals surface area contributed by atoms with Gasteiger partial charge in [0.25, 0.3) is 0 Å². The third kappa shape index (κ3) is 7.82.